The monoisotopic (exact) mass is 589 g/mol. The smallest absolute Gasteiger partial charge is 0.426 e. The number of nitrogens with zero attached hydrogens (tertiary/aromatic N) is 3. The molecular weight excluding hydrogens is 564 g/mol. The normalized spacial score (nSPS) is 24.3. The first-order valence-corrected chi connectivity index (χ1v) is 12.2. The minimum Gasteiger partial charge on any atom is -0.451 e. The average molecular weight is 589 g/mol. The molecule has 2 aromatic rings. The van der Waals surface area contributed by atoms with Crippen molar-refractivity contribution in [3.63, 3.8) is 0 Å². The molecule has 41 heavy (non-hydrogen) atoms. The molecule has 10 nitrogen and oxygen atoms in total. The first kappa shape index (κ1) is 30.0. The summed E-state index contributed by atoms with van der Waals surface area (Å²) in [6.07, 6.45) is -11.2. The molecule has 2 aliphatic heterocycles. The number of alkyl carbamates (subject to hydrolysis) is 1. The molecule has 1 aromatic heterocycles. The van der Waals surface area contributed by atoms with Gasteiger partial charge in [0.25, 0.3) is 18.4 Å². The summed E-state index contributed by atoms with van der Waals surface area (Å²) in [5, 5.41) is 4.43. The van der Waals surface area contributed by atoms with Crippen LogP contribution in [-0.2, 0) is 19.7 Å². The van der Waals surface area contributed by atoms with Gasteiger partial charge in [-0.05, 0) is 45.9 Å². The fraction of sp³-hybridized carbons (Fsp3) is 0.480. The number of fused-ring (bicyclic) bond motifs is 1. The van der Waals surface area contributed by atoms with Crippen LogP contribution in [0.1, 0.15) is 55.9 Å². The minimum atomic E-state index is -4.99. The Morgan fingerprint density at radius 3 is 2.41 bits per heavy atom. The van der Waals surface area contributed by atoms with Crippen LogP contribution in [0.2, 0.25) is 0 Å². The quantitative estimate of drug-likeness (QED) is 0.488. The molecule has 1 aromatic carbocycles. The standard InChI is InChI=1S/C25H25F6N5O5/c1-11-17-18(25(29,30)31)40-21(35-22(38)41-23(2,3)4)36-24(17,10-39-11)13-7-12(5-6-14(13)26)34-20(37)16-9-32-15(8-33-16)19(27)28/h5-9,11,17-19H,10H2,1-4H3,(H,34,37)(H,35,36,38). The van der Waals surface area contributed by atoms with Gasteiger partial charge in [-0.3, -0.25) is 9.78 Å². The number of ether oxygens (including phenoxy) is 3. The Labute approximate surface area is 229 Å². The first-order chi connectivity index (χ1) is 19.0. The summed E-state index contributed by atoms with van der Waals surface area (Å²) in [4.78, 5) is 36.3. The number of rotatable bonds is 4. The van der Waals surface area contributed by atoms with E-state index in [1.54, 1.807) is 0 Å². The van der Waals surface area contributed by atoms with Gasteiger partial charge in [0.1, 0.15) is 28.3 Å². The van der Waals surface area contributed by atoms with Crippen LogP contribution in [0.15, 0.2) is 35.6 Å². The molecule has 2 N–H and O–H groups in total. The van der Waals surface area contributed by atoms with Gasteiger partial charge in [0.05, 0.1) is 31.0 Å². The first-order valence-electron chi connectivity index (χ1n) is 12.2. The lowest BCUT2D eigenvalue weighted by molar-refractivity contribution is -0.227. The van der Waals surface area contributed by atoms with Crippen molar-refractivity contribution in [2.75, 3.05) is 11.9 Å². The summed E-state index contributed by atoms with van der Waals surface area (Å²) in [6, 6.07) is 2.24. The summed E-state index contributed by atoms with van der Waals surface area (Å²) in [7, 11) is 0. The Kier molecular flexibility index (Phi) is 7.90. The number of carbonyl (C=O) groups excluding carboxylic acids is 2. The highest BCUT2D eigenvalue weighted by molar-refractivity contribution is 6.02. The lowest BCUT2D eigenvalue weighted by atomic mass is 9.74. The molecule has 1 fully saturated rings. The minimum absolute atomic E-state index is 0.0780. The van der Waals surface area contributed by atoms with Crippen molar-refractivity contribution in [2.24, 2.45) is 10.9 Å². The fourth-order valence-electron chi connectivity index (χ4n) is 4.59. The summed E-state index contributed by atoms with van der Waals surface area (Å²) < 4.78 is 99.3. The van der Waals surface area contributed by atoms with Gasteiger partial charge >= 0.3 is 12.3 Å². The van der Waals surface area contributed by atoms with Gasteiger partial charge in [0.2, 0.25) is 6.10 Å². The number of aromatic nitrogens is 2. The number of hydrogen-bond donors (Lipinski definition) is 2. The van der Waals surface area contributed by atoms with Crippen molar-refractivity contribution in [3.05, 3.63) is 53.4 Å². The second kappa shape index (κ2) is 10.8. The second-order valence-electron chi connectivity index (χ2n) is 10.4. The molecule has 0 aliphatic carbocycles. The largest absolute Gasteiger partial charge is 0.451 e. The summed E-state index contributed by atoms with van der Waals surface area (Å²) in [5.41, 5.74) is -4.52. The fourth-order valence-corrected chi connectivity index (χ4v) is 4.59. The van der Waals surface area contributed by atoms with E-state index in [0.717, 1.165) is 24.4 Å². The maximum Gasteiger partial charge on any atom is 0.426 e. The summed E-state index contributed by atoms with van der Waals surface area (Å²) in [5.74, 6) is -3.48. The second-order valence-corrected chi connectivity index (χ2v) is 10.4. The Hall–Kier alpha value is -3.95. The van der Waals surface area contributed by atoms with Crippen molar-refractivity contribution in [1.82, 2.24) is 15.3 Å². The van der Waals surface area contributed by atoms with E-state index in [-0.39, 0.29) is 16.9 Å². The van der Waals surface area contributed by atoms with Gasteiger partial charge in [-0.25, -0.2) is 33.3 Å². The van der Waals surface area contributed by atoms with Crippen molar-refractivity contribution in [2.45, 2.75) is 63.6 Å². The van der Waals surface area contributed by atoms with Gasteiger partial charge in [-0.15, -0.1) is 0 Å². The van der Waals surface area contributed by atoms with E-state index < -0.39 is 78.0 Å². The molecule has 2 amide bonds. The molecule has 222 valence electrons. The maximum atomic E-state index is 15.4. The van der Waals surface area contributed by atoms with Crippen LogP contribution in [0.3, 0.4) is 0 Å². The number of hydrogen-bond acceptors (Lipinski definition) is 8. The van der Waals surface area contributed by atoms with Crippen LogP contribution in [0, 0.1) is 11.7 Å². The van der Waals surface area contributed by atoms with E-state index >= 15 is 4.39 Å². The topological polar surface area (TPSA) is 124 Å². The predicted molar refractivity (Wildman–Crippen MR) is 130 cm³/mol. The molecule has 16 heteroatoms. The highest BCUT2D eigenvalue weighted by atomic mass is 19.4. The summed E-state index contributed by atoms with van der Waals surface area (Å²) in [6.45, 7) is 5.43. The molecule has 0 bridgehead atoms. The predicted octanol–water partition coefficient (Wildman–Crippen LogP) is 4.88. The Morgan fingerprint density at radius 1 is 1.12 bits per heavy atom. The zero-order valence-corrected chi connectivity index (χ0v) is 22.1. The number of halogens is 6. The van der Waals surface area contributed by atoms with Crippen molar-refractivity contribution in [1.29, 1.82) is 0 Å². The maximum absolute atomic E-state index is 15.4. The van der Waals surface area contributed by atoms with Gasteiger partial charge in [-0.2, -0.15) is 13.2 Å². The molecule has 3 heterocycles. The highest BCUT2D eigenvalue weighted by Gasteiger charge is 2.64. The zero-order chi connectivity index (χ0) is 30.3. The van der Waals surface area contributed by atoms with E-state index in [0.29, 0.717) is 6.20 Å². The van der Waals surface area contributed by atoms with E-state index in [1.165, 1.54) is 27.7 Å². The van der Waals surface area contributed by atoms with Crippen LogP contribution >= 0.6 is 0 Å². The number of carbonyl (C=O) groups is 2. The van der Waals surface area contributed by atoms with Crippen LogP contribution in [0.4, 0.5) is 36.8 Å². The van der Waals surface area contributed by atoms with E-state index in [2.05, 4.69) is 20.3 Å². The third kappa shape index (κ3) is 6.36. The lowest BCUT2D eigenvalue weighted by Crippen LogP contribution is -2.57. The van der Waals surface area contributed by atoms with E-state index in [1.807, 2.05) is 5.32 Å². The molecule has 4 atom stereocenters. The molecule has 4 rings (SSSR count). The van der Waals surface area contributed by atoms with Crippen LogP contribution in [-0.4, -0.2) is 58.6 Å². The van der Waals surface area contributed by atoms with Gasteiger partial charge in [-0.1, -0.05) is 0 Å². The molecule has 0 radical (unpaired) electrons. The number of aliphatic imine (C=N–C) groups is 1. The summed E-state index contributed by atoms with van der Waals surface area (Å²) >= 11 is 0. The molecule has 0 spiro atoms. The number of alkyl halides is 5. The number of nitrogens with one attached hydrogen (secondary N) is 2. The lowest BCUT2D eigenvalue weighted by Gasteiger charge is -2.41. The molecule has 1 saturated heterocycles. The Bertz CT molecular complexity index is 1350. The van der Waals surface area contributed by atoms with Gasteiger partial charge in [0.15, 0.2) is 0 Å². The number of amidine groups is 1. The third-order valence-electron chi connectivity index (χ3n) is 6.24. The Balaban J connectivity index is 1.74. The molecule has 0 saturated carbocycles. The van der Waals surface area contributed by atoms with Gasteiger partial charge in [0, 0.05) is 11.3 Å². The number of amides is 2. The highest BCUT2D eigenvalue weighted by Crippen LogP contribution is 2.52. The average Bonchev–Trinajstić information content (AvgIpc) is 3.20. The van der Waals surface area contributed by atoms with Crippen LogP contribution in [0.25, 0.3) is 0 Å². The van der Waals surface area contributed by atoms with E-state index in [4.69, 9.17) is 14.2 Å². The molecule has 4 unspecified atom stereocenters. The van der Waals surface area contributed by atoms with Gasteiger partial charge < -0.3 is 19.5 Å². The third-order valence-corrected chi connectivity index (χ3v) is 6.24. The van der Waals surface area contributed by atoms with Crippen LogP contribution < -0.4 is 10.6 Å². The molecular formula is C25H25F6N5O5. The van der Waals surface area contributed by atoms with E-state index in [9.17, 15) is 31.5 Å². The van der Waals surface area contributed by atoms with Crippen molar-refractivity contribution < 1.29 is 50.1 Å². The molecule has 2 aliphatic rings. The number of anilines is 1. The van der Waals surface area contributed by atoms with Crippen molar-refractivity contribution >= 4 is 23.7 Å². The van der Waals surface area contributed by atoms with Crippen LogP contribution in [0.5, 0.6) is 0 Å². The number of benzene rings is 1. The Morgan fingerprint density at radius 2 is 1.83 bits per heavy atom. The zero-order valence-electron chi connectivity index (χ0n) is 22.1. The van der Waals surface area contributed by atoms with Crippen molar-refractivity contribution in [3.8, 4) is 0 Å². The SMILES string of the molecule is CC1OCC2(c3cc(NC(=O)c4cnc(C(F)F)cn4)ccc3F)N=C(NC(=O)OC(C)(C)C)OC(C(F)(F)F)C12.